The number of aromatic nitrogens is 5. The molecule has 3 aromatic heterocycles. The first kappa shape index (κ1) is 19.6. The van der Waals surface area contributed by atoms with E-state index in [4.69, 9.17) is 0 Å². The van der Waals surface area contributed by atoms with Gasteiger partial charge in [-0.05, 0) is 17.7 Å². The van der Waals surface area contributed by atoms with Crippen LogP contribution in [-0.2, 0) is 19.3 Å². The quantitative estimate of drug-likeness (QED) is 0.510. The zero-order valence-corrected chi connectivity index (χ0v) is 15.7. The van der Waals surface area contributed by atoms with Crippen molar-refractivity contribution in [2.75, 3.05) is 5.32 Å². The van der Waals surface area contributed by atoms with Crippen LogP contribution < -0.4 is 5.32 Å². The second kappa shape index (κ2) is 8.32. The molecular weight excluding hydrogens is 393 g/mol. The minimum atomic E-state index is -4.60. The normalized spacial score (nSPS) is 11.4. The molecule has 0 amide bonds. The molecule has 0 saturated carbocycles. The van der Waals surface area contributed by atoms with E-state index in [0.717, 1.165) is 11.6 Å². The number of hydrogen-bond donors (Lipinski definition) is 1. The van der Waals surface area contributed by atoms with Gasteiger partial charge < -0.3 is 9.88 Å². The Bertz CT molecular complexity index is 1110. The summed E-state index contributed by atoms with van der Waals surface area (Å²) in [5.41, 5.74) is 0.320. The molecule has 0 fully saturated rings. The Balaban J connectivity index is 1.57. The third kappa shape index (κ3) is 4.62. The number of imidazole rings is 1. The number of rotatable bonds is 6. The molecule has 4 aromatic rings. The summed E-state index contributed by atoms with van der Waals surface area (Å²) in [6.07, 6.45) is 0.353. The summed E-state index contributed by atoms with van der Waals surface area (Å²) < 4.78 is 41.9. The van der Waals surface area contributed by atoms with E-state index in [2.05, 4.69) is 25.3 Å². The molecule has 0 aliphatic rings. The van der Waals surface area contributed by atoms with E-state index in [1.54, 1.807) is 24.4 Å². The molecule has 0 spiro atoms. The smallest absolute Gasteiger partial charge is 0.363 e. The van der Waals surface area contributed by atoms with E-state index >= 15 is 0 Å². The molecule has 4 rings (SSSR count). The van der Waals surface area contributed by atoms with Gasteiger partial charge in [0.2, 0.25) is 0 Å². The summed E-state index contributed by atoms with van der Waals surface area (Å²) in [5, 5.41) is 2.93. The van der Waals surface area contributed by atoms with Crippen molar-refractivity contribution in [1.82, 2.24) is 24.5 Å². The Morgan fingerprint density at radius 1 is 0.900 bits per heavy atom. The molecule has 0 saturated heterocycles. The summed E-state index contributed by atoms with van der Waals surface area (Å²) in [4.78, 5) is 16.2. The molecule has 9 heteroatoms. The molecule has 30 heavy (non-hydrogen) atoms. The largest absolute Gasteiger partial charge is 0.433 e. The van der Waals surface area contributed by atoms with Crippen LogP contribution in [0, 0.1) is 0 Å². The van der Waals surface area contributed by atoms with Gasteiger partial charge in [0.05, 0.1) is 6.54 Å². The monoisotopic (exact) mass is 410 g/mol. The highest BCUT2D eigenvalue weighted by atomic mass is 19.4. The van der Waals surface area contributed by atoms with E-state index in [0.29, 0.717) is 12.4 Å². The number of anilines is 1. The van der Waals surface area contributed by atoms with Crippen molar-refractivity contribution in [3.8, 4) is 11.5 Å². The van der Waals surface area contributed by atoms with E-state index in [1.807, 2.05) is 41.1 Å². The van der Waals surface area contributed by atoms with Gasteiger partial charge in [-0.15, -0.1) is 0 Å². The first-order chi connectivity index (χ1) is 14.5. The lowest BCUT2D eigenvalue weighted by molar-refractivity contribution is -0.141. The zero-order chi connectivity index (χ0) is 21.0. The van der Waals surface area contributed by atoms with Gasteiger partial charge in [0.1, 0.15) is 17.3 Å². The maximum absolute atomic E-state index is 13.3. The van der Waals surface area contributed by atoms with Crippen molar-refractivity contribution in [3.63, 3.8) is 0 Å². The molecule has 0 unspecified atom stereocenters. The van der Waals surface area contributed by atoms with E-state index < -0.39 is 11.9 Å². The number of hydrogen-bond acceptors (Lipinski definition) is 5. The summed E-state index contributed by atoms with van der Waals surface area (Å²) in [6.45, 7) is 0.810. The van der Waals surface area contributed by atoms with Crippen molar-refractivity contribution in [2.24, 2.45) is 0 Å². The summed E-state index contributed by atoms with van der Waals surface area (Å²) in [6, 6.07) is 15.6. The molecule has 152 valence electrons. The van der Waals surface area contributed by atoms with Crippen LogP contribution in [0.2, 0.25) is 0 Å². The summed E-state index contributed by atoms with van der Waals surface area (Å²) >= 11 is 0. The number of pyridine rings is 1. The van der Waals surface area contributed by atoms with Crippen LogP contribution in [0.15, 0.2) is 73.2 Å². The Labute approximate surface area is 170 Å². The van der Waals surface area contributed by atoms with Gasteiger partial charge >= 0.3 is 6.18 Å². The standard InChI is InChI=1S/C21H17F3N6/c22-21(23,24)17-12-18(29-20(28-17)16-8-4-5-9-25-16)27-13-19-26-10-11-30(19)14-15-6-2-1-3-7-15/h1-12H,13-14H2,(H,27,28,29). The number of halogens is 3. The van der Waals surface area contributed by atoms with Crippen LogP contribution in [0.25, 0.3) is 11.5 Å². The molecule has 1 aromatic carbocycles. The minimum Gasteiger partial charge on any atom is -0.363 e. The first-order valence-electron chi connectivity index (χ1n) is 9.14. The summed E-state index contributed by atoms with van der Waals surface area (Å²) in [7, 11) is 0. The first-order valence-corrected chi connectivity index (χ1v) is 9.14. The van der Waals surface area contributed by atoms with E-state index in [9.17, 15) is 13.2 Å². The lowest BCUT2D eigenvalue weighted by atomic mass is 10.2. The third-order valence-electron chi connectivity index (χ3n) is 4.34. The van der Waals surface area contributed by atoms with Gasteiger partial charge in [0.15, 0.2) is 11.5 Å². The highest BCUT2D eigenvalue weighted by molar-refractivity contribution is 5.53. The Kier molecular flexibility index (Phi) is 5.42. The van der Waals surface area contributed by atoms with Crippen LogP contribution >= 0.6 is 0 Å². The number of benzene rings is 1. The molecule has 0 bridgehead atoms. The van der Waals surface area contributed by atoms with Crippen LogP contribution in [0.5, 0.6) is 0 Å². The predicted molar refractivity (Wildman–Crippen MR) is 105 cm³/mol. The van der Waals surface area contributed by atoms with Gasteiger partial charge in [0, 0.05) is 31.2 Å². The molecular formula is C21H17F3N6. The van der Waals surface area contributed by atoms with E-state index in [-0.39, 0.29) is 23.9 Å². The Morgan fingerprint density at radius 3 is 2.43 bits per heavy atom. The predicted octanol–water partition coefficient (Wildman–Crippen LogP) is 4.41. The van der Waals surface area contributed by atoms with Crippen molar-refractivity contribution >= 4 is 5.82 Å². The molecule has 0 aliphatic heterocycles. The average molecular weight is 410 g/mol. The lowest BCUT2D eigenvalue weighted by Gasteiger charge is -2.12. The molecule has 6 nitrogen and oxygen atoms in total. The average Bonchev–Trinajstić information content (AvgIpc) is 3.20. The Morgan fingerprint density at radius 2 is 1.70 bits per heavy atom. The fourth-order valence-electron chi connectivity index (χ4n) is 2.89. The zero-order valence-electron chi connectivity index (χ0n) is 15.7. The molecule has 0 atom stereocenters. The fraction of sp³-hybridized carbons (Fsp3) is 0.143. The second-order valence-electron chi connectivity index (χ2n) is 6.49. The van der Waals surface area contributed by atoms with Crippen molar-refractivity contribution < 1.29 is 13.2 Å². The third-order valence-corrected chi connectivity index (χ3v) is 4.34. The maximum atomic E-state index is 13.3. The van der Waals surface area contributed by atoms with Crippen LogP contribution in [0.1, 0.15) is 17.1 Å². The SMILES string of the molecule is FC(F)(F)c1cc(NCc2nccn2Cc2ccccc2)nc(-c2ccccn2)n1. The van der Waals surface area contributed by atoms with Gasteiger partial charge in [-0.2, -0.15) is 13.2 Å². The molecule has 0 radical (unpaired) electrons. The molecule has 1 N–H and O–H groups in total. The van der Waals surface area contributed by atoms with Crippen LogP contribution in [0.3, 0.4) is 0 Å². The highest BCUT2D eigenvalue weighted by Crippen LogP contribution is 2.30. The van der Waals surface area contributed by atoms with Crippen LogP contribution in [-0.4, -0.2) is 24.5 Å². The van der Waals surface area contributed by atoms with Gasteiger partial charge in [-0.1, -0.05) is 36.4 Å². The number of nitrogens with zero attached hydrogens (tertiary/aromatic N) is 5. The molecule has 0 aliphatic carbocycles. The van der Waals surface area contributed by atoms with Gasteiger partial charge in [-0.25, -0.2) is 15.0 Å². The van der Waals surface area contributed by atoms with E-state index in [1.165, 1.54) is 6.20 Å². The molecule has 3 heterocycles. The van der Waals surface area contributed by atoms with Crippen LogP contribution in [0.4, 0.5) is 19.0 Å². The second-order valence-corrected chi connectivity index (χ2v) is 6.49. The van der Waals surface area contributed by atoms with Crippen molar-refractivity contribution in [2.45, 2.75) is 19.3 Å². The highest BCUT2D eigenvalue weighted by Gasteiger charge is 2.34. The van der Waals surface area contributed by atoms with Crippen molar-refractivity contribution in [1.29, 1.82) is 0 Å². The minimum absolute atomic E-state index is 0.0484. The maximum Gasteiger partial charge on any atom is 0.433 e. The topological polar surface area (TPSA) is 68.5 Å². The lowest BCUT2D eigenvalue weighted by Crippen LogP contribution is -2.14. The Hall–Kier alpha value is -3.75. The number of alkyl halides is 3. The summed E-state index contributed by atoms with van der Waals surface area (Å²) in [5.74, 6) is 0.623. The van der Waals surface area contributed by atoms with Gasteiger partial charge in [0.25, 0.3) is 0 Å². The van der Waals surface area contributed by atoms with Crippen molar-refractivity contribution in [3.05, 3.63) is 90.3 Å². The van der Waals surface area contributed by atoms with Gasteiger partial charge in [-0.3, -0.25) is 4.98 Å². The fourth-order valence-corrected chi connectivity index (χ4v) is 2.89. The number of nitrogens with one attached hydrogen (secondary N) is 1.